The van der Waals surface area contributed by atoms with Gasteiger partial charge < -0.3 is 0 Å². The molecule has 0 bridgehead atoms. The Morgan fingerprint density at radius 3 is 2.92 bits per heavy atom. The number of anilines is 1. The van der Waals surface area contributed by atoms with Gasteiger partial charge in [-0.25, -0.2) is 0 Å². The Labute approximate surface area is 74.7 Å². The minimum absolute atomic E-state index is 0.145. The van der Waals surface area contributed by atoms with Gasteiger partial charge in [-0.1, -0.05) is 23.8 Å². The fourth-order valence-corrected chi connectivity index (χ4v) is 0.730. The van der Waals surface area contributed by atoms with Crippen LogP contribution in [0.4, 0.5) is 5.95 Å². The molecule has 0 aliphatic carbocycles. The van der Waals surface area contributed by atoms with Crippen LogP contribution < -0.4 is 5.32 Å². The topological polar surface area (TPSA) is 83.6 Å². The highest BCUT2D eigenvalue weighted by atomic mass is 16.1. The molecule has 68 valence electrons. The molecule has 1 aromatic heterocycles. The van der Waals surface area contributed by atoms with Crippen molar-refractivity contribution in [2.75, 3.05) is 5.32 Å². The first-order valence-corrected chi connectivity index (χ1v) is 3.61. The van der Waals surface area contributed by atoms with E-state index >= 15 is 0 Å². The number of nitrogens with zero attached hydrogens (tertiary/aromatic N) is 3. The molecule has 0 atom stereocenters. The summed E-state index contributed by atoms with van der Waals surface area (Å²) in [6.07, 6.45) is 3.10. The van der Waals surface area contributed by atoms with Crippen molar-refractivity contribution in [3.63, 3.8) is 0 Å². The lowest BCUT2D eigenvalue weighted by molar-refractivity contribution is -0.112. The van der Waals surface area contributed by atoms with E-state index < -0.39 is 0 Å². The van der Waals surface area contributed by atoms with Crippen molar-refractivity contribution in [2.45, 2.75) is 6.92 Å². The fourth-order valence-electron chi connectivity index (χ4n) is 0.730. The number of carbonyl (C=O) groups is 1. The Morgan fingerprint density at radius 1 is 1.69 bits per heavy atom. The van der Waals surface area contributed by atoms with Gasteiger partial charge in [0.15, 0.2) is 0 Å². The van der Waals surface area contributed by atoms with Gasteiger partial charge in [0.2, 0.25) is 0 Å². The molecule has 1 heterocycles. The maximum atomic E-state index is 11.3. The van der Waals surface area contributed by atoms with Gasteiger partial charge in [-0.15, -0.1) is 5.10 Å². The molecule has 0 aromatic carbocycles. The maximum absolute atomic E-state index is 11.3. The summed E-state index contributed by atoms with van der Waals surface area (Å²) in [4.78, 5) is 11.3. The van der Waals surface area contributed by atoms with Gasteiger partial charge in [-0.2, -0.15) is 5.21 Å². The van der Waals surface area contributed by atoms with Gasteiger partial charge >= 0.3 is 0 Å². The van der Waals surface area contributed by atoms with Gasteiger partial charge in [-0.05, 0) is 12.1 Å². The lowest BCUT2D eigenvalue weighted by Crippen LogP contribution is -2.14. The molecule has 0 saturated carbocycles. The highest BCUT2D eigenvalue weighted by Gasteiger charge is 2.07. The summed E-state index contributed by atoms with van der Waals surface area (Å²) < 4.78 is 0. The summed E-state index contributed by atoms with van der Waals surface area (Å²) in [5.41, 5.74) is 0.463. The molecule has 1 rings (SSSR count). The highest BCUT2D eigenvalue weighted by molar-refractivity contribution is 6.04. The Bertz CT molecular complexity index is 327. The van der Waals surface area contributed by atoms with Crippen molar-refractivity contribution >= 4 is 11.9 Å². The third kappa shape index (κ3) is 2.22. The minimum Gasteiger partial charge on any atom is -0.288 e. The van der Waals surface area contributed by atoms with E-state index in [-0.39, 0.29) is 11.9 Å². The Balaban J connectivity index is 2.66. The molecule has 1 aromatic rings. The molecule has 0 unspecified atom stereocenters. The molecule has 0 radical (unpaired) electrons. The highest BCUT2D eigenvalue weighted by Crippen LogP contribution is 1.99. The van der Waals surface area contributed by atoms with Crippen LogP contribution in [0.2, 0.25) is 0 Å². The van der Waals surface area contributed by atoms with Crippen LogP contribution >= 0.6 is 0 Å². The standard InChI is InChI=1S/C7H9N5O/c1-3-5(4-2)6(13)8-7-9-11-12-10-7/h3-4H,1H2,2H3,(H2,8,9,10,11,12,13). The SMILES string of the molecule is C=CC(=CC)C(=O)Nc1nn[nH]n1. The molecule has 2 N–H and O–H groups in total. The van der Waals surface area contributed by atoms with E-state index in [0.717, 1.165) is 0 Å². The van der Waals surface area contributed by atoms with Crippen LogP contribution in [0.5, 0.6) is 0 Å². The fraction of sp³-hybridized carbons (Fsp3) is 0.143. The van der Waals surface area contributed by atoms with Crippen molar-refractivity contribution in [1.29, 1.82) is 0 Å². The van der Waals surface area contributed by atoms with Crippen molar-refractivity contribution in [3.8, 4) is 0 Å². The number of rotatable bonds is 3. The van der Waals surface area contributed by atoms with E-state index in [1.807, 2.05) is 0 Å². The zero-order valence-corrected chi connectivity index (χ0v) is 7.11. The van der Waals surface area contributed by atoms with Crippen molar-refractivity contribution in [3.05, 3.63) is 24.3 Å². The molecule has 13 heavy (non-hydrogen) atoms. The van der Waals surface area contributed by atoms with Crippen LogP contribution in [0.15, 0.2) is 24.3 Å². The van der Waals surface area contributed by atoms with Crippen LogP contribution in [0.3, 0.4) is 0 Å². The second kappa shape index (κ2) is 4.15. The molecule has 0 aliphatic heterocycles. The van der Waals surface area contributed by atoms with Crippen LogP contribution in [0.25, 0.3) is 0 Å². The third-order valence-corrected chi connectivity index (χ3v) is 1.36. The number of aromatic nitrogens is 4. The predicted octanol–water partition coefficient (Wildman–Crippen LogP) is 0.270. The molecular formula is C7H9N5O. The van der Waals surface area contributed by atoms with E-state index in [2.05, 4.69) is 32.5 Å². The van der Waals surface area contributed by atoms with E-state index in [1.54, 1.807) is 13.0 Å². The predicted molar refractivity (Wildman–Crippen MR) is 46.8 cm³/mol. The Morgan fingerprint density at radius 2 is 2.46 bits per heavy atom. The average molecular weight is 179 g/mol. The number of hydrogen-bond donors (Lipinski definition) is 2. The van der Waals surface area contributed by atoms with Crippen molar-refractivity contribution < 1.29 is 4.79 Å². The maximum Gasteiger partial charge on any atom is 0.270 e. The molecule has 0 spiro atoms. The lowest BCUT2D eigenvalue weighted by atomic mass is 10.2. The van der Waals surface area contributed by atoms with Gasteiger partial charge in [0.25, 0.3) is 11.9 Å². The number of carbonyl (C=O) groups excluding carboxylic acids is 1. The van der Waals surface area contributed by atoms with Gasteiger partial charge in [0.05, 0.1) is 0 Å². The summed E-state index contributed by atoms with van der Waals surface area (Å²) >= 11 is 0. The van der Waals surface area contributed by atoms with Gasteiger partial charge in [-0.3, -0.25) is 10.1 Å². The molecule has 0 saturated heterocycles. The minimum atomic E-state index is -0.307. The van der Waals surface area contributed by atoms with Gasteiger partial charge in [0.1, 0.15) is 0 Å². The van der Waals surface area contributed by atoms with Crippen LogP contribution in [0.1, 0.15) is 6.92 Å². The Hall–Kier alpha value is -1.98. The summed E-state index contributed by atoms with van der Waals surface area (Å²) in [6, 6.07) is 0. The number of H-pyrrole nitrogens is 1. The van der Waals surface area contributed by atoms with E-state index in [4.69, 9.17) is 0 Å². The van der Waals surface area contributed by atoms with Crippen LogP contribution in [-0.4, -0.2) is 26.5 Å². The molecular weight excluding hydrogens is 170 g/mol. The Kier molecular flexibility index (Phi) is 2.91. The largest absolute Gasteiger partial charge is 0.288 e. The molecule has 0 aliphatic rings. The number of aromatic amines is 1. The van der Waals surface area contributed by atoms with Crippen molar-refractivity contribution in [1.82, 2.24) is 20.6 Å². The zero-order valence-electron chi connectivity index (χ0n) is 7.11. The first kappa shape index (κ1) is 9.11. The summed E-state index contributed by atoms with van der Waals surface area (Å²) in [5.74, 6) is -0.162. The average Bonchev–Trinajstić information content (AvgIpc) is 2.59. The van der Waals surface area contributed by atoms with Crippen molar-refractivity contribution in [2.24, 2.45) is 0 Å². The summed E-state index contributed by atoms with van der Waals surface area (Å²) in [5, 5.41) is 15.1. The number of amides is 1. The first-order valence-electron chi connectivity index (χ1n) is 3.61. The molecule has 6 nitrogen and oxygen atoms in total. The third-order valence-electron chi connectivity index (χ3n) is 1.36. The molecule has 6 heteroatoms. The van der Waals surface area contributed by atoms with E-state index in [1.165, 1.54) is 6.08 Å². The number of allylic oxidation sites excluding steroid dienone is 1. The van der Waals surface area contributed by atoms with Gasteiger partial charge in [0, 0.05) is 5.57 Å². The smallest absolute Gasteiger partial charge is 0.270 e. The first-order chi connectivity index (χ1) is 6.27. The van der Waals surface area contributed by atoms with Crippen LogP contribution in [-0.2, 0) is 4.79 Å². The number of tetrazole rings is 1. The molecule has 0 fully saturated rings. The quantitative estimate of drug-likeness (QED) is 0.515. The second-order valence-electron chi connectivity index (χ2n) is 2.14. The normalized spacial score (nSPS) is 11.0. The van der Waals surface area contributed by atoms with E-state index in [9.17, 15) is 4.79 Å². The molecule has 1 amide bonds. The van der Waals surface area contributed by atoms with E-state index in [0.29, 0.717) is 5.57 Å². The second-order valence-corrected chi connectivity index (χ2v) is 2.14. The number of nitrogens with one attached hydrogen (secondary N) is 2. The number of hydrogen-bond acceptors (Lipinski definition) is 4. The monoisotopic (exact) mass is 179 g/mol. The summed E-state index contributed by atoms with van der Waals surface area (Å²) in [6.45, 7) is 5.23. The van der Waals surface area contributed by atoms with Crippen LogP contribution in [0, 0.1) is 0 Å². The lowest BCUT2D eigenvalue weighted by Gasteiger charge is -1.98. The zero-order chi connectivity index (χ0) is 9.68. The summed E-state index contributed by atoms with van der Waals surface area (Å²) in [7, 11) is 0.